The summed E-state index contributed by atoms with van der Waals surface area (Å²) >= 11 is 3.40. The molecule has 0 atom stereocenters. The average Bonchev–Trinajstić information content (AvgIpc) is 2.57. The zero-order chi connectivity index (χ0) is 16.2. The van der Waals surface area contributed by atoms with Gasteiger partial charge in [-0.3, -0.25) is 4.79 Å². The molecule has 0 saturated carbocycles. The van der Waals surface area contributed by atoms with Gasteiger partial charge in [-0.2, -0.15) is 5.10 Å². The lowest BCUT2D eigenvalue weighted by atomic mass is 10.1. The van der Waals surface area contributed by atoms with E-state index < -0.39 is 0 Å². The number of nitrogens with zero attached hydrogens (tertiary/aromatic N) is 3. The molecule has 120 valence electrons. The number of carbonyl (C=O) groups excluding carboxylic acids is 1. The van der Waals surface area contributed by atoms with Crippen molar-refractivity contribution < 1.29 is 9.53 Å². The minimum atomic E-state index is 0.0693. The third kappa shape index (κ3) is 4.07. The van der Waals surface area contributed by atoms with Crippen LogP contribution in [0.15, 0.2) is 40.9 Å². The van der Waals surface area contributed by atoms with Gasteiger partial charge in [-0.25, -0.2) is 0 Å². The molecule has 3 rings (SSSR count). The minimum absolute atomic E-state index is 0.0693. The summed E-state index contributed by atoms with van der Waals surface area (Å²) in [5.41, 5.74) is 1.58. The number of ether oxygens (including phenoxy) is 1. The normalized spacial score (nSPS) is 15.5. The Labute approximate surface area is 143 Å². The average molecular weight is 376 g/mol. The van der Waals surface area contributed by atoms with E-state index in [1.165, 1.54) is 0 Å². The Morgan fingerprint density at radius 3 is 2.65 bits per heavy atom. The van der Waals surface area contributed by atoms with Gasteiger partial charge in [0.15, 0.2) is 0 Å². The first kappa shape index (κ1) is 15.9. The van der Waals surface area contributed by atoms with E-state index in [-0.39, 0.29) is 12.0 Å². The smallest absolute Gasteiger partial charge is 0.253 e. The molecule has 1 aliphatic heterocycles. The van der Waals surface area contributed by atoms with Gasteiger partial charge in [0.25, 0.3) is 5.91 Å². The SMILES string of the molecule is Cc1ccc(OC2CCN(C(=O)c3cccc(Br)c3)CC2)nn1. The number of carbonyl (C=O) groups is 1. The molecule has 0 radical (unpaired) electrons. The van der Waals surface area contributed by atoms with Gasteiger partial charge in [-0.1, -0.05) is 22.0 Å². The van der Waals surface area contributed by atoms with Crippen molar-refractivity contribution in [3.63, 3.8) is 0 Å². The topological polar surface area (TPSA) is 55.3 Å². The maximum absolute atomic E-state index is 12.5. The number of aromatic nitrogens is 2. The first-order valence-electron chi connectivity index (χ1n) is 7.63. The molecule has 0 spiro atoms. The number of likely N-dealkylation sites (tertiary alicyclic amines) is 1. The van der Waals surface area contributed by atoms with Gasteiger partial charge in [-0.15, -0.1) is 5.10 Å². The summed E-state index contributed by atoms with van der Waals surface area (Å²) in [6.07, 6.45) is 1.68. The lowest BCUT2D eigenvalue weighted by molar-refractivity contribution is 0.0586. The lowest BCUT2D eigenvalue weighted by Gasteiger charge is -2.32. The number of aryl methyl sites for hydroxylation is 1. The molecule has 5 nitrogen and oxygen atoms in total. The van der Waals surface area contributed by atoms with Crippen molar-refractivity contribution in [2.75, 3.05) is 13.1 Å². The fourth-order valence-electron chi connectivity index (χ4n) is 2.60. The maximum Gasteiger partial charge on any atom is 0.253 e. The predicted octanol–water partition coefficient (Wildman–Crippen LogP) is 3.23. The molecule has 1 fully saturated rings. The molecule has 1 amide bonds. The minimum Gasteiger partial charge on any atom is -0.473 e. The highest BCUT2D eigenvalue weighted by Crippen LogP contribution is 2.20. The van der Waals surface area contributed by atoms with Crippen LogP contribution >= 0.6 is 15.9 Å². The van der Waals surface area contributed by atoms with Crippen molar-refractivity contribution >= 4 is 21.8 Å². The second kappa shape index (κ2) is 7.08. The Balaban J connectivity index is 1.55. The third-order valence-electron chi connectivity index (χ3n) is 3.86. The fraction of sp³-hybridized carbons (Fsp3) is 0.353. The second-order valence-electron chi connectivity index (χ2n) is 5.63. The molecular formula is C17H18BrN3O2. The number of hydrogen-bond acceptors (Lipinski definition) is 4. The summed E-state index contributed by atoms with van der Waals surface area (Å²) in [6, 6.07) is 11.2. The monoisotopic (exact) mass is 375 g/mol. The first-order chi connectivity index (χ1) is 11.1. The molecule has 2 heterocycles. The maximum atomic E-state index is 12.5. The molecule has 2 aromatic rings. The highest BCUT2D eigenvalue weighted by molar-refractivity contribution is 9.10. The lowest BCUT2D eigenvalue weighted by Crippen LogP contribution is -2.41. The van der Waals surface area contributed by atoms with Gasteiger partial charge in [-0.05, 0) is 31.2 Å². The summed E-state index contributed by atoms with van der Waals surface area (Å²) in [4.78, 5) is 14.4. The number of hydrogen-bond donors (Lipinski definition) is 0. The van der Waals surface area contributed by atoms with Crippen LogP contribution in [0.25, 0.3) is 0 Å². The first-order valence-corrected chi connectivity index (χ1v) is 8.43. The van der Waals surface area contributed by atoms with Gasteiger partial charge in [0.1, 0.15) is 6.10 Å². The van der Waals surface area contributed by atoms with Crippen LogP contribution in [0.4, 0.5) is 0 Å². The molecular weight excluding hydrogens is 358 g/mol. The Bertz CT molecular complexity index is 682. The molecule has 1 aromatic carbocycles. The number of piperidine rings is 1. The molecule has 1 aliphatic rings. The molecule has 23 heavy (non-hydrogen) atoms. The van der Waals surface area contributed by atoms with Crippen LogP contribution in [0, 0.1) is 6.92 Å². The summed E-state index contributed by atoms with van der Waals surface area (Å²) in [5, 5.41) is 8.02. The molecule has 1 aromatic heterocycles. The number of halogens is 1. The van der Waals surface area contributed by atoms with Gasteiger partial charge < -0.3 is 9.64 Å². The Hall–Kier alpha value is -1.95. The van der Waals surface area contributed by atoms with Gasteiger partial charge in [0.2, 0.25) is 5.88 Å². The van der Waals surface area contributed by atoms with Crippen LogP contribution in [0.2, 0.25) is 0 Å². The van der Waals surface area contributed by atoms with E-state index in [9.17, 15) is 4.79 Å². The predicted molar refractivity (Wildman–Crippen MR) is 90.5 cm³/mol. The van der Waals surface area contributed by atoms with Crippen LogP contribution in [-0.4, -0.2) is 40.2 Å². The standard InChI is InChI=1S/C17H18BrN3O2/c1-12-5-6-16(20-19-12)23-15-7-9-21(10-8-15)17(22)13-3-2-4-14(18)11-13/h2-6,11,15H,7-10H2,1H3. The van der Waals surface area contributed by atoms with E-state index in [0.29, 0.717) is 24.5 Å². The van der Waals surface area contributed by atoms with Crippen LogP contribution in [0.5, 0.6) is 5.88 Å². The van der Waals surface area contributed by atoms with Crippen LogP contribution in [-0.2, 0) is 0 Å². The van der Waals surface area contributed by atoms with E-state index in [1.54, 1.807) is 0 Å². The Morgan fingerprint density at radius 2 is 2.00 bits per heavy atom. The quantitative estimate of drug-likeness (QED) is 0.826. The van der Waals surface area contributed by atoms with Crippen molar-refractivity contribution in [3.05, 3.63) is 52.1 Å². The van der Waals surface area contributed by atoms with Crippen LogP contribution in [0.1, 0.15) is 28.9 Å². The van der Waals surface area contributed by atoms with Crippen molar-refractivity contribution in [1.82, 2.24) is 15.1 Å². The molecule has 0 bridgehead atoms. The summed E-state index contributed by atoms with van der Waals surface area (Å²) < 4.78 is 6.76. The second-order valence-corrected chi connectivity index (χ2v) is 6.55. The summed E-state index contributed by atoms with van der Waals surface area (Å²) in [6.45, 7) is 3.27. The van der Waals surface area contributed by atoms with E-state index >= 15 is 0 Å². The van der Waals surface area contributed by atoms with Gasteiger partial charge in [0.05, 0.1) is 5.69 Å². The highest BCUT2D eigenvalue weighted by Gasteiger charge is 2.25. The van der Waals surface area contributed by atoms with Crippen molar-refractivity contribution in [2.24, 2.45) is 0 Å². The van der Waals surface area contributed by atoms with Crippen LogP contribution in [0.3, 0.4) is 0 Å². The van der Waals surface area contributed by atoms with Crippen molar-refractivity contribution in [1.29, 1.82) is 0 Å². The zero-order valence-corrected chi connectivity index (χ0v) is 14.5. The third-order valence-corrected chi connectivity index (χ3v) is 4.35. The van der Waals surface area contributed by atoms with Gasteiger partial charge >= 0.3 is 0 Å². The molecule has 0 aliphatic carbocycles. The van der Waals surface area contributed by atoms with E-state index in [0.717, 1.165) is 23.0 Å². The molecule has 1 saturated heterocycles. The molecule has 0 N–H and O–H groups in total. The zero-order valence-electron chi connectivity index (χ0n) is 12.9. The molecule has 6 heteroatoms. The summed E-state index contributed by atoms with van der Waals surface area (Å²) in [5.74, 6) is 0.618. The number of rotatable bonds is 3. The highest BCUT2D eigenvalue weighted by atomic mass is 79.9. The number of amides is 1. The molecule has 0 unspecified atom stereocenters. The van der Waals surface area contributed by atoms with Crippen molar-refractivity contribution in [3.8, 4) is 5.88 Å². The Kier molecular flexibility index (Phi) is 4.91. The summed E-state index contributed by atoms with van der Waals surface area (Å²) in [7, 11) is 0. The van der Waals surface area contributed by atoms with Crippen molar-refractivity contribution in [2.45, 2.75) is 25.9 Å². The van der Waals surface area contributed by atoms with Gasteiger partial charge in [0, 0.05) is 42.0 Å². The Morgan fingerprint density at radius 1 is 1.22 bits per heavy atom. The van der Waals surface area contributed by atoms with E-state index in [4.69, 9.17) is 4.74 Å². The largest absolute Gasteiger partial charge is 0.473 e. The van der Waals surface area contributed by atoms with Crippen LogP contribution < -0.4 is 4.74 Å². The fourth-order valence-corrected chi connectivity index (χ4v) is 3.00. The van der Waals surface area contributed by atoms with E-state index in [1.807, 2.05) is 48.2 Å². The number of benzene rings is 1. The van der Waals surface area contributed by atoms with E-state index in [2.05, 4.69) is 26.1 Å².